The molecule has 4 rings (SSSR count). The summed E-state index contributed by atoms with van der Waals surface area (Å²) < 4.78 is 0. The molecule has 2 aliphatic rings. The number of aliphatic imine (C=N–C) groups is 1. The van der Waals surface area contributed by atoms with E-state index in [1.807, 2.05) is 31.2 Å². The molecule has 2 aliphatic heterocycles. The van der Waals surface area contributed by atoms with E-state index in [9.17, 15) is 14.4 Å². The molecule has 0 radical (unpaired) electrons. The number of amidine groups is 2. The molecule has 0 aliphatic carbocycles. The van der Waals surface area contributed by atoms with Gasteiger partial charge in [0.05, 0.1) is 18.8 Å². The molecular weight excluding hydrogens is 524 g/mol. The monoisotopic (exact) mass is 556 g/mol. The summed E-state index contributed by atoms with van der Waals surface area (Å²) in [5, 5.41) is 20.3. The van der Waals surface area contributed by atoms with Crippen LogP contribution >= 0.6 is 11.3 Å². The van der Waals surface area contributed by atoms with Gasteiger partial charge in [0, 0.05) is 46.7 Å². The van der Waals surface area contributed by atoms with Gasteiger partial charge in [-0.2, -0.15) is 0 Å². The number of hydrogen-bond donors (Lipinski definition) is 3. The van der Waals surface area contributed by atoms with Gasteiger partial charge < -0.3 is 5.32 Å². The maximum absolute atomic E-state index is 12.1. The predicted octanol–water partition coefficient (Wildman–Crippen LogP) is 3.95. The van der Waals surface area contributed by atoms with Crippen LogP contribution in [0.15, 0.2) is 41.4 Å². The quantitative estimate of drug-likeness (QED) is 0.149. The van der Waals surface area contributed by atoms with Crippen molar-refractivity contribution in [1.29, 1.82) is 10.8 Å². The van der Waals surface area contributed by atoms with E-state index in [0.717, 1.165) is 44.3 Å². The maximum atomic E-state index is 12.1. The van der Waals surface area contributed by atoms with Crippen molar-refractivity contribution in [3.63, 3.8) is 0 Å². The van der Waals surface area contributed by atoms with Crippen LogP contribution in [0.1, 0.15) is 59.7 Å². The van der Waals surface area contributed by atoms with Crippen molar-refractivity contribution in [2.45, 2.75) is 46.5 Å². The number of carbonyl (C=O) groups excluding carboxylic acids is 3. The van der Waals surface area contributed by atoms with Crippen molar-refractivity contribution >= 4 is 51.4 Å². The lowest BCUT2D eigenvalue weighted by atomic mass is 9.99. The highest BCUT2D eigenvalue weighted by atomic mass is 32.1. The van der Waals surface area contributed by atoms with E-state index < -0.39 is 0 Å². The molecule has 10 heteroatoms. The van der Waals surface area contributed by atoms with Crippen LogP contribution in [0.3, 0.4) is 0 Å². The average molecular weight is 557 g/mol. The number of fused-ring (bicyclic) bond motifs is 1. The molecular formula is C30H32N6O3S. The first-order chi connectivity index (χ1) is 19.2. The van der Waals surface area contributed by atoms with E-state index in [2.05, 4.69) is 24.1 Å². The Labute approximate surface area is 238 Å². The minimum atomic E-state index is -0.275. The van der Waals surface area contributed by atoms with Crippen LogP contribution in [0.25, 0.3) is 0 Å². The molecule has 1 aromatic carbocycles. The molecule has 2 aromatic rings. The minimum Gasteiger partial charge on any atom is -0.345 e. The van der Waals surface area contributed by atoms with Crippen LogP contribution in [0.4, 0.5) is 5.00 Å². The van der Waals surface area contributed by atoms with Crippen molar-refractivity contribution in [2.24, 2.45) is 4.99 Å². The summed E-state index contributed by atoms with van der Waals surface area (Å²) in [6.45, 7) is 6.60. The normalized spacial score (nSPS) is 14.5. The van der Waals surface area contributed by atoms with Gasteiger partial charge in [0.15, 0.2) is 0 Å². The standard InChI is InChI=1S/C30H32N6O3S/c1-19-20(2)40-30-28(19)29(34-18-24(32)36(30)21(3)31)23-12-10-22(11-13-23)8-7-16-33-25(37)9-5-4-6-17-35-26(38)14-15-27(35)39/h10-15,31-32H,4-6,9,16-18H2,1-3H3,(H,33,37). The molecule has 0 atom stereocenters. The SMILES string of the molecule is CC(=N)N1C(=N)CN=C(c2ccc(C#CCNC(=O)CCCCCN3C(=O)C=CC3=O)cc2)c2c1sc(C)c2C. The molecule has 0 spiro atoms. The summed E-state index contributed by atoms with van der Waals surface area (Å²) in [7, 11) is 0. The van der Waals surface area contributed by atoms with Crippen LogP contribution in [-0.2, 0) is 14.4 Å². The minimum absolute atomic E-state index is 0.0805. The molecule has 3 heterocycles. The summed E-state index contributed by atoms with van der Waals surface area (Å²) in [4.78, 5) is 43.9. The molecule has 3 N–H and O–H groups in total. The van der Waals surface area contributed by atoms with Gasteiger partial charge in [-0.05, 0) is 51.3 Å². The molecule has 0 fully saturated rings. The highest BCUT2D eigenvalue weighted by molar-refractivity contribution is 7.17. The molecule has 1 aromatic heterocycles. The van der Waals surface area contributed by atoms with Crippen molar-refractivity contribution in [1.82, 2.24) is 10.2 Å². The average Bonchev–Trinajstić information content (AvgIpc) is 3.33. The van der Waals surface area contributed by atoms with E-state index in [1.54, 1.807) is 23.2 Å². The van der Waals surface area contributed by atoms with Gasteiger partial charge in [-0.15, -0.1) is 11.3 Å². The van der Waals surface area contributed by atoms with Crippen LogP contribution < -0.4 is 10.2 Å². The molecule has 0 unspecified atom stereocenters. The lowest BCUT2D eigenvalue weighted by Gasteiger charge is -2.21. The van der Waals surface area contributed by atoms with Gasteiger partial charge in [-0.1, -0.05) is 30.4 Å². The summed E-state index contributed by atoms with van der Waals surface area (Å²) in [5.74, 6) is 6.01. The van der Waals surface area contributed by atoms with E-state index in [4.69, 9.17) is 15.8 Å². The fourth-order valence-electron chi connectivity index (χ4n) is 4.53. The third-order valence-corrected chi connectivity index (χ3v) is 7.94. The smallest absolute Gasteiger partial charge is 0.253 e. The lowest BCUT2D eigenvalue weighted by molar-refractivity contribution is -0.136. The second kappa shape index (κ2) is 12.7. The Morgan fingerprint density at radius 1 is 1.10 bits per heavy atom. The molecule has 0 saturated heterocycles. The number of carbonyl (C=O) groups is 3. The lowest BCUT2D eigenvalue weighted by Crippen LogP contribution is -2.35. The van der Waals surface area contributed by atoms with Crippen molar-refractivity contribution in [3.05, 3.63) is 63.5 Å². The Morgan fingerprint density at radius 2 is 1.80 bits per heavy atom. The zero-order chi connectivity index (χ0) is 28.8. The number of aryl methyl sites for hydroxylation is 1. The van der Waals surface area contributed by atoms with Gasteiger partial charge in [-0.3, -0.25) is 40.0 Å². The van der Waals surface area contributed by atoms with Gasteiger partial charge in [0.25, 0.3) is 11.8 Å². The zero-order valence-electron chi connectivity index (χ0n) is 22.9. The van der Waals surface area contributed by atoms with Crippen molar-refractivity contribution in [3.8, 4) is 11.8 Å². The maximum Gasteiger partial charge on any atom is 0.253 e. The first-order valence-corrected chi connectivity index (χ1v) is 14.0. The van der Waals surface area contributed by atoms with Crippen LogP contribution in [-0.4, -0.2) is 59.6 Å². The number of benzene rings is 1. The number of hydrogen-bond acceptors (Lipinski definition) is 7. The summed E-state index contributed by atoms with van der Waals surface area (Å²) in [5.41, 5.74) is 4.62. The van der Waals surface area contributed by atoms with E-state index in [0.29, 0.717) is 31.6 Å². The highest BCUT2D eigenvalue weighted by Gasteiger charge is 2.29. The summed E-state index contributed by atoms with van der Waals surface area (Å²) in [6, 6.07) is 7.77. The van der Waals surface area contributed by atoms with Crippen LogP contribution in [0, 0.1) is 36.5 Å². The number of rotatable bonds is 8. The van der Waals surface area contributed by atoms with Gasteiger partial charge in [0.2, 0.25) is 5.91 Å². The molecule has 9 nitrogen and oxygen atoms in total. The molecule has 0 saturated carbocycles. The fraction of sp³-hybridized carbons (Fsp3) is 0.333. The first kappa shape index (κ1) is 28.6. The number of anilines is 1. The Kier molecular flexibility index (Phi) is 9.07. The molecule has 40 heavy (non-hydrogen) atoms. The number of amides is 3. The Bertz CT molecular complexity index is 1470. The zero-order valence-corrected chi connectivity index (χ0v) is 23.7. The Morgan fingerprint density at radius 3 is 2.48 bits per heavy atom. The van der Waals surface area contributed by atoms with Crippen LogP contribution in [0.5, 0.6) is 0 Å². The van der Waals surface area contributed by atoms with Gasteiger partial charge in [-0.25, -0.2) is 0 Å². The highest BCUT2D eigenvalue weighted by Crippen LogP contribution is 2.38. The molecule has 0 bridgehead atoms. The second-order valence-electron chi connectivity index (χ2n) is 9.62. The summed E-state index contributed by atoms with van der Waals surface area (Å²) in [6.07, 6.45) is 5.02. The molecule has 3 amide bonds. The Balaban J connectivity index is 1.29. The molecule has 206 valence electrons. The van der Waals surface area contributed by atoms with Gasteiger partial charge in [0.1, 0.15) is 16.7 Å². The van der Waals surface area contributed by atoms with E-state index in [1.165, 1.54) is 17.1 Å². The summed E-state index contributed by atoms with van der Waals surface area (Å²) >= 11 is 1.58. The van der Waals surface area contributed by atoms with Crippen LogP contribution in [0.2, 0.25) is 0 Å². The third kappa shape index (κ3) is 6.43. The third-order valence-electron chi connectivity index (χ3n) is 6.75. The number of thiophene rings is 1. The number of imide groups is 1. The second-order valence-corrected chi connectivity index (χ2v) is 10.8. The topological polar surface area (TPSA) is 130 Å². The van der Waals surface area contributed by atoms with Crippen molar-refractivity contribution < 1.29 is 14.4 Å². The first-order valence-electron chi connectivity index (χ1n) is 13.1. The predicted molar refractivity (Wildman–Crippen MR) is 159 cm³/mol. The fourth-order valence-corrected chi connectivity index (χ4v) is 5.77. The largest absolute Gasteiger partial charge is 0.345 e. The van der Waals surface area contributed by atoms with E-state index >= 15 is 0 Å². The Hall–Kier alpha value is -4.36. The van der Waals surface area contributed by atoms with E-state index in [-0.39, 0.29) is 36.6 Å². The number of nitrogens with zero attached hydrogens (tertiary/aromatic N) is 3. The van der Waals surface area contributed by atoms with Crippen molar-refractivity contribution in [2.75, 3.05) is 24.5 Å². The number of nitrogens with one attached hydrogen (secondary N) is 3. The van der Waals surface area contributed by atoms with Gasteiger partial charge >= 0.3 is 0 Å². The number of unbranched alkanes of at least 4 members (excludes halogenated alkanes) is 2.